The summed E-state index contributed by atoms with van der Waals surface area (Å²) in [6, 6.07) is 7.04. The van der Waals surface area contributed by atoms with Crippen LogP contribution in [0.15, 0.2) is 24.4 Å². The third kappa shape index (κ3) is 3.38. The minimum Gasteiger partial charge on any atom is -0.349 e. The molecule has 24 heavy (non-hydrogen) atoms. The van der Waals surface area contributed by atoms with E-state index in [2.05, 4.69) is 20.8 Å². The first kappa shape index (κ1) is 16.0. The molecular formula is C17H19N5O2. The fourth-order valence-electron chi connectivity index (χ4n) is 3.21. The molecule has 1 heterocycles. The number of nitrogens with one attached hydrogen (secondary N) is 3. The van der Waals surface area contributed by atoms with E-state index >= 15 is 0 Å². The number of amides is 2. The van der Waals surface area contributed by atoms with Crippen LogP contribution in [0, 0.1) is 17.2 Å². The lowest BCUT2D eigenvalue weighted by atomic mass is 9.83. The van der Waals surface area contributed by atoms with E-state index < -0.39 is 0 Å². The van der Waals surface area contributed by atoms with Crippen molar-refractivity contribution in [2.75, 3.05) is 6.54 Å². The molecule has 2 unspecified atom stereocenters. The number of aromatic amines is 1. The minimum absolute atomic E-state index is 0.00679. The number of H-pyrrole nitrogens is 1. The van der Waals surface area contributed by atoms with Gasteiger partial charge in [-0.3, -0.25) is 14.7 Å². The summed E-state index contributed by atoms with van der Waals surface area (Å²) in [4.78, 5) is 24.7. The topological polar surface area (TPSA) is 111 Å². The van der Waals surface area contributed by atoms with E-state index in [0.717, 1.165) is 36.6 Å². The third-order valence-electron chi connectivity index (χ3n) is 4.46. The number of carbonyl (C=O) groups is 2. The smallest absolute Gasteiger partial charge is 0.251 e. The molecule has 2 atom stereocenters. The monoisotopic (exact) mass is 325 g/mol. The van der Waals surface area contributed by atoms with Crippen LogP contribution in [0.25, 0.3) is 10.9 Å². The molecule has 1 saturated carbocycles. The molecule has 3 rings (SSSR count). The van der Waals surface area contributed by atoms with Crippen LogP contribution in [-0.2, 0) is 4.79 Å². The largest absolute Gasteiger partial charge is 0.349 e. The van der Waals surface area contributed by atoms with Crippen molar-refractivity contribution < 1.29 is 9.59 Å². The van der Waals surface area contributed by atoms with E-state index in [1.54, 1.807) is 18.3 Å². The van der Waals surface area contributed by atoms with Gasteiger partial charge in [0.15, 0.2) is 0 Å². The predicted octanol–water partition coefficient (Wildman–Crippen LogP) is 1.49. The number of aromatic nitrogens is 2. The molecule has 0 spiro atoms. The number of nitriles is 1. The van der Waals surface area contributed by atoms with Gasteiger partial charge in [-0.05, 0) is 31.0 Å². The molecule has 3 N–H and O–H groups in total. The van der Waals surface area contributed by atoms with Gasteiger partial charge < -0.3 is 10.6 Å². The Bertz CT molecular complexity index is 792. The van der Waals surface area contributed by atoms with Crippen molar-refractivity contribution in [1.29, 1.82) is 5.26 Å². The van der Waals surface area contributed by atoms with E-state index in [1.807, 2.05) is 12.1 Å². The summed E-state index contributed by atoms with van der Waals surface area (Å²) in [5, 5.41) is 21.9. The lowest BCUT2D eigenvalue weighted by Crippen LogP contribution is -2.48. The van der Waals surface area contributed by atoms with Crippen molar-refractivity contribution in [2.45, 2.75) is 31.7 Å². The molecule has 1 fully saturated rings. The molecule has 2 aromatic rings. The van der Waals surface area contributed by atoms with Crippen LogP contribution in [0.5, 0.6) is 0 Å². The molecule has 7 nitrogen and oxygen atoms in total. The highest BCUT2D eigenvalue weighted by atomic mass is 16.2. The van der Waals surface area contributed by atoms with Crippen molar-refractivity contribution in [2.24, 2.45) is 5.92 Å². The Kier molecular flexibility index (Phi) is 4.75. The van der Waals surface area contributed by atoms with Gasteiger partial charge in [0, 0.05) is 17.0 Å². The van der Waals surface area contributed by atoms with E-state index in [0.29, 0.717) is 5.56 Å². The van der Waals surface area contributed by atoms with Crippen LogP contribution in [0.3, 0.4) is 0 Å². The molecule has 2 amide bonds. The van der Waals surface area contributed by atoms with Crippen molar-refractivity contribution in [1.82, 2.24) is 20.8 Å². The van der Waals surface area contributed by atoms with Gasteiger partial charge in [0.1, 0.15) is 6.54 Å². The first-order valence-corrected chi connectivity index (χ1v) is 8.07. The molecule has 0 bridgehead atoms. The number of fused-ring (bicyclic) bond motifs is 1. The number of benzene rings is 1. The SMILES string of the molecule is N#CCNC(=O)C1CCCCC1NC(=O)c1ccc2[nH]ncc2c1. The van der Waals surface area contributed by atoms with Crippen molar-refractivity contribution >= 4 is 22.7 Å². The van der Waals surface area contributed by atoms with Gasteiger partial charge in [-0.25, -0.2) is 0 Å². The first-order chi connectivity index (χ1) is 11.7. The fourth-order valence-corrected chi connectivity index (χ4v) is 3.21. The second-order valence-electron chi connectivity index (χ2n) is 6.02. The molecular weight excluding hydrogens is 306 g/mol. The minimum atomic E-state index is -0.284. The highest BCUT2D eigenvalue weighted by Crippen LogP contribution is 2.25. The first-order valence-electron chi connectivity index (χ1n) is 8.07. The molecule has 7 heteroatoms. The number of nitrogens with zero attached hydrogens (tertiary/aromatic N) is 2. The van der Waals surface area contributed by atoms with E-state index in [9.17, 15) is 9.59 Å². The summed E-state index contributed by atoms with van der Waals surface area (Å²) >= 11 is 0. The standard InChI is InChI=1S/C17H19N5O2/c18-7-8-19-17(24)13-3-1-2-4-15(13)21-16(23)11-5-6-14-12(9-11)10-20-22-14/h5-6,9-10,13,15H,1-4,8H2,(H,19,24)(H,20,22)(H,21,23). The number of hydrogen-bond donors (Lipinski definition) is 3. The second kappa shape index (κ2) is 7.13. The molecule has 1 aromatic carbocycles. The zero-order chi connectivity index (χ0) is 16.9. The maximum Gasteiger partial charge on any atom is 0.251 e. The van der Waals surface area contributed by atoms with Crippen LogP contribution in [0.4, 0.5) is 0 Å². The average Bonchev–Trinajstić information content (AvgIpc) is 3.07. The summed E-state index contributed by atoms with van der Waals surface area (Å²) in [5.74, 6) is -0.636. The molecule has 0 radical (unpaired) electrons. The molecule has 0 saturated heterocycles. The quantitative estimate of drug-likeness (QED) is 0.740. The number of carbonyl (C=O) groups excluding carboxylic acids is 2. The Morgan fingerprint density at radius 2 is 2.17 bits per heavy atom. The van der Waals surface area contributed by atoms with Gasteiger partial charge >= 0.3 is 0 Å². The zero-order valence-corrected chi connectivity index (χ0v) is 13.2. The van der Waals surface area contributed by atoms with Gasteiger partial charge in [0.05, 0.1) is 23.7 Å². The summed E-state index contributed by atoms with van der Waals surface area (Å²) in [6.07, 6.45) is 5.10. The van der Waals surface area contributed by atoms with E-state index in [-0.39, 0.29) is 30.3 Å². The van der Waals surface area contributed by atoms with Crippen molar-refractivity contribution in [3.8, 4) is 6.07 Å². The molecule has 1 aromatic heterocycles. The molecule has 1 aliphatic rings. The summed E-state index contributed by atoms with van der Waals surface area (Å²) < 4.78 is 0. The lowest BCUT2D eigenvalue weighted by molar-refractivity contribution is -0.126. The zero-order valence-electron chi connectivity index (χ0n) is 13.2. The Hall–Kier alpha value is -2.88. The Morgan fingerprint density at radius 3 is 3.00 bits per heavy atom. The van der Waals surface area contributed by atoms with Gasteiger partial charge in [-0.1, -0.05) is 12.8 Å². The summed E-state index contributed by atoms with van der Waals surface area (Å²) in [6.45, 7) is -0.00679. The molecule has 0 aliphatic heterocycles. The highest BCUT2D eigenvalue weighted by Gasteiger charge is 2.32. The maximum absolute atomic E-state index is 12.5. The number of rotatable bonds is 4. The van der Waals surface area contributed by atoms with Crippen LogP contribution in [0.2, 0.25) is 0 Å². The van der Waals surface area contributed by atoms with Crippen LogP contribution >= 0.6 is 0 Å². The van der Waals surface area contributed by atoms with Crippen molar-refractivity contribution in [3.63, 3.8) is 0 Å². The van der Waals surface area contributed by atoms with Gasteiger partial charge in [0.25, 0.3) is 5.91 Å². The van der Waals surface area contributed by atoms with Crippen LogP contribution < -0.4 is 10.6 Å². The van der Waals surface area contributed by atoms with Gasteiger partial charge in [0.2, 0.25) is 5.91 Å². The third-order valence-corrected chi connectivity index (χ3v) is 4.46. The van der Waals surface area contributed by atoms with E-state index in [1.165, 1.54) is 0 Å². The van der Waals surface area contributed by atoms with E-state index in [4.69, 9.17) is 5.26 Å². The Morgan fingerprint density at radius 1 is 1.33 bits per heavy atom. The van der Waals surface area contributed by atoms with Crippen LogP contribution in [-0.4, -0.2) is 34.6 Å². The predicted molar refractivity (Wildman–Crippen MR) is 87.9 cm³/mol. The van der Waals surface area contributed by atoms with Crippen LogP contribution in [0.1, 0.15) is 36.0 Å². The maximum atomic E-state index is 12.5. The van der Waals surface area contributed by atoms with Crippen molar-refractivity contribution in [3.05, 3.63) is 30.0 Å². The fraction of sp³-hybridized carbons (Fsp3) is 0.412. The highest BCUT2D eigenvalue weighted by molar-refractivity contribution is 5.98. The normalized spacial score (nSPS) is 20.3. The lowest BCUT2D eigenvalue weighted by Gasteiger charge is -2.31. The summed E-state index contributed by atoms with van der Waals surface area (Å²) in [5.41, 5.74) is 1.42. The average molecular weight is 325 g/mol. The Labute approximate surface area is 139 Å². The Balaban J connectivity index is 1.70. The molecule has 124 valence electrons. The number of hydrogen-bond acceptors (Lipinski definition) is 4. The second-order valence-corrected chi connectivity index (χ2v) is 6.02. The van der Waals surface area contributed by atoms with Gasteiger partial charge in [-0.15, -0.1) is 0 Å². The molecule has 1 aliphatic carbocycles. The summed E-state index contributed by atoms with van der Waals surface area (Å²) in [7, 11) is 0. The van der Waals surface area contributed by atoms with Gasteiger partial charge in [-0.2, -0.15) is 10.4 Å².